The van der Waals surface area contributed by atoms with E-state index in [9.17, 15) is 9.59 Å². The molecule has 3 aliphatic heterocycles. The van der Waals surface area contributed by atoms with E-state index >= 15 is 0 Å². The van der Waals surface area contributed by atoms with Gasteiger partial charge in [-0.05, 0) is 59.3 Å². The van der Waals surface area contributed by atoms with Crippen molar-refractivity contribution in [2.24, 2.45) is 0 Å². The first kappa shape index (κ1) is 19.5. The SMILES string of the molecule is CCOC(=O)N1C(C)CC(N2CCC(N3CCCCC3=O)CC2)CC1C. The zero-order chi connectivity index (χ0) is 18.7. The van der Waals surface area contributed by atoms with Crippen LogP contribution < -0.4 is 0 Å². The van der Waals surface area contributed by atoms with Crippen LogP contribution in [0.2, 0.25) is 0 Å². The summed E-state index contributed by atoms with van der Waals surface area (Å²) < 4.78 is 5.23. The van der Waals surface area contributed by atoms with E-state index in [4.69, 9.17) is 4.74 Å². The van der Waals surface area contributed by atoms with Crippen LogP contribution in [-0.2, 0) is 9.53 Å². The highest BCUT2D eigenvalue weighted by atomic mass is 16.6. The largest absolute Gasteiger partial charge is 0.450 e. The minimum absolute atomic E-state index is 0.173. The Hall–Kier alpha value is -1.30. The molecule has 148 valence electrons. The Bertz CT molecular complexity index is 493. The van der Waals surface area contributed by atoms with Gasteiger partial charge in [-0.25, -0.2) is 4.79 Å². The zero-order valence-electron chi connectivity index (χ0n) is 16.7. The molecule has 0 aliphatic carbocycles. The lowest BCUT2D eigenvalue weighted by Gasteiger charge is -2.48. The molecule has 26 heavy (non-hydrogen) atoms. The van der Waals surface area contributed by atoms with Gasteiger partial charge >= 0.3 is 6.09 Å². The summed E-state index contributed by atoms with van der Waals surface area (Å²) in [6.07, 6.45) is 6.98. The maximum atomic E-state index is 12.2. The van der Waals surface area contributed by atoms with E-state index in [2.05, 4.69) is 23.6 Å². The molecule has 0 radical (unpaired) electrons. The van der Waals surface area contributed by atoms with Gasteiger partial charge in [0.2, 0.25) is 5.91 Å². The number of ether oxygens (including phenoxy) is 1. The standard InChI is InChI=1S/C20H35N3O3/c1-4-26-20(25)23-15(2)13-18(14-16(23)3)21-11-8-17(9-12-21)22-10-6-5-7-19(22)24/h15-18H,4-14H2,1-3H3. The van der Waals surface area contributed by atoms with Gasteiger partial charge in [0.25, 0.3) is 0 Å². The lowest BCUT2D eigenvalue weighted by Crippen LogP contribution is -2.57. The second-order valence-corrected chi connectivity index (χ2v) is 8.24. The monoisotopic (exact) mass is 365 g/mol. The first-order valence-corrected chi connectivity index (χ1v) is 10.5. The molecule has 0 aromatic rings. The van der Waals surface area contributed by atoms with Crippen LogP contribution in [-0.4, -0.2) is 77.1 Å². The van der Waals surface area contributed by atoms with Crippen molar-refractivity contribution in [2.75, 3.05) is 26.2 Å². The average molecular weight is 366 g/mol. The number of nitrogens with zero attached hydrogens (tertiary/aromatic N) is 3. The Morgan fingerprint density at radius 2 is 1.69 bits per heavy atom. The maximum absolute atomic E-state index is 12.2. The molecule has 6 heteroatoms. The van der Waals surface area contributed by atoms with Crippen molar-refractivity contribution in [2.45, 2.75) is 89.9 Å². The van der Waals surface area contributed by atoms with E-state index < -0.39 is 0 Å². The number of likely N-dealkylation sites (tertiary alicyclic amines) is 3. The lowest BCUT2D eigenvalue weighted by molar-refractivity contribution is -0.137. The number of piperidine rings is 3. The van der Waals surface area contributed by atoms with Crippen molar-refractivity contribution in [1.82, 2.24) is 14.7 Å². The van der Waals surface area contributed by atoms with Gasteiger partial charge in [-0.2, -0.15) is 0 Å². The Balaban J connectivity index is 1.52. The Morgan fingerprint density at radius 3 is 2.27 bits per heavy atom. The van der Waals surface area contributed by atoms with Gasteiger partial charge in [0.15, 0.2) is 0 Å². The van der Waals surface area contributed by atoms with Gasteiger partial charge in [-0.1, -0.05) is 0 Å². The molecule has 0 saturated carbocycles. The molecule has 0 aromatic heterocycles. The average Bonchev–Trinajstić information content (AvgIpc) is 2.62. The quantitative estimate of drug-likeness (QED) is 0.772. The topological polar surface area (TPSA) is 53.1 Å². The van der Waals surface area contributed by atoms with E-state index in [1.165, 1.54) is 0 Å². The Labute approximate surface area is 157 Å². The first-order valence-electron chi connectivity index (χ1n) is 10.5. The van der Waals surface area contributed by atoms with Crippen LogP contribution in [0.15, 0.2) is 0 Å². The molecule has 0 bridgehead atoms. The minimum atomic E-state index is -0.173. The van der Waals surface area contributed by atoms with Crippen LogP contribution in [0, 0.1) is 0 Å². The van der Waals surface area contributed by atoms with Gasteiger partial charge in [-0.3, -0.25) is 4.79 Å². The molecule has 0 spiro atoms. The molecule has 6 nitrogen and oxygen atoms in total. The highest BCUT2D eigenvalue weighted by Crippen LogP contribution is 2.30. The molecule has 0 aromatic carbocycles. The second-order valence-electron chi connectivity index (χ2n) is 8.24. The predicted octanol–water partition coefficient (Wildman–Crippen LogP) is 2.86. The summed E-state index contributed by atoms with van der Waals surface area (Å²) in [4.78, 5) is 31.0. The molecule has 2 atom stereocenters. The summed E-state index contributed by atoms with van der Waals surface area (Å²) in [5, 5.41) is 0. The van der Waals surface area contributed by atoms with E-state index in [-0.39, 0.29) is 18.2 Å². The minimum Gasteiger partial charge on any atom is -0.450 e. The van der Waals surface area contributed by atoms with E-state index in [1.54, 1.807) is 0 Å². The van der Waals surface area contributed by atoms with Crippen molar-refractivity contribution >= 4 is 12.0 Å². The third-order valence-electron chi connectivity index (χ3n) is 6.47. The molecule has 3 aliphatic rings. The first-order chi connectivity index (χ1) is 12.5. The van der Waals surface area contributed by atoms with Crippen LogP contribution in [0.3, 0.4) is 0 Å². The fourth-order valence-corrected chi connectivity index (χ4v) is 5.18. The maximum Gasteiger partial charge on any atom is 0.410 e. The van der Waals surface area contributed by atoms with Gasteiger partial charge in [0.05, 0.1) is 6.61 Å². The molecular weight excluding hydrogens is 330 g/mol. The van der Waals surface area contributed by atoms with Gasteiger partial charge in [0, 0.05) is 50.2 Å². The van der Waals surface area contributed by atoms with Crippen LogP contribution in [0.4, 0.5) is 4.79 Å². The molecule has 0 N–H and O–H groups in total. The van der Waals surface area contributed by atoms with Gasteiger partial charge in [0.1, 0.15) is 0 Å². The molecule has 3 saturated heterocycles. The van der Waals surface area contributed by atoms with Crippen molar-refractivity contribution < 1.29 is 14.3 Å². The fourth-order valence-electron chi connectivity index (χ4n) is 5.18. The number of amides is 2. The molecule has 2 unspecified atom stereocenters. The number of hydrogen-bond acceptors (Lipinski definition) is 4. The number of carbonyl (C=O) groups is 2. The van der Waals surface area contributed by atoms with Gasteiger partial charge < -0.3 is 19.4 Å². The van der Waals surface area contributed by atoms with Crippen molar-refractivity contribution in [3.63, 3.8) is 0 Å². The van der Waals surface area contributed by atoms with E-state index in [1.807, 2.05) is 11.8 Å². The highest BCUT2D eigenvalue weighted by Gasteiger charge is 2.39. The third-order valence-corrected chi connectivity index (χ3v) is 6.47. The highest BCUT2D eigenvalue weighted by molar-refractivity contribution is 5.77. The number of carbonyl (C=O) groups excluding carboxylic acids is 2. The second kappa shape index (κ2) is 8.59. The Kier molecular flexibility index (Phi) is 6.43. The van der Waals surface area contributed by atoms with Crippen molar-refractivity contribution in [3.8, 4) is 0 Å². The summed E-state index contributed by atoms with van der Waals surface area (Å²) in [7, 11) is 0. The van der Waals surface area contributed by atoms with Crippen LogP contribution in [0.1, 0.15) is 65.7 Å². The van der Waals surface area contributed by atoms with Crippen LogP contribution in [0.5, 0.6) is 0 Å². The lowest BCUT2D eigenvalue weighted by atomic mass is 9.89. The normalized spacial score (nSPS) is 32.0. The zero-order valence-corrected chi connectivity index (χ0v) is 16.7. The van der Waals surface area contributed by atoms with Crippen molar-refractivity contribution in [1.29, 1.82) is 0 Å². The molecule has 3 heterocycles. The molecule has 2 amide bonds. The van der Waals surface area contributed by atoms with Crippen LogP contribution in [0.25, 0.3) is 0 Å². The summed E-state index contributed by atoms with van der Waals surface area (Å²) in [6.45, 7) is 9.65. The van der Waals surface area contributed by atoms with Crippen molar-refractivity contribution in [3.05, 3.63) is 0 Å². The molecular formula is C20H35N3O3. The summed E-state index contributed by atoms with van der Waals surface area (Å²) >= 11 is 0. The summed E-state index contributed by atoms with van der Waals surface area (Å²) in [6, 6.07) is 1.39. The predicted molar refractivity (Wildman–Crippen MR) is 101 cm³/mol. The molecule has 3 fully saturated rings. The Morgan fingerprint density at radius 1 is 1.04 bits per heavy atom. The summed E-state index contributed by atoms with van der Waals surface area (Å²) in [5.41, 5.74) is 0. The summed E-state index contributed by atoms with van der Waals surface area (Å²) in [5.74, 6) is 0.361. The molecule has 3 rings (SSSR count). The van der Waals surface area contributed by atoms with Gasteiger partial charge in [-0.15, -0.1) is 0 Å². The van der Waals surface area contributed by atoms with Crippen LogP contribution >= 0.6 is 0 Å². The smallest absolute Gasteiger partial charge is 0.410 e. The number of hydrogen-bond donors (Lipinski definition) is 0. The van der Waals surface area contributed by atoms with E-state index in [0.717, 1.165) is 64.6 Å². The fraction of sp³-hybridized carbons (Fsp3) is 0.900. The third kappa shape index (κ3) is 4.16. The number of rotatable bonds is 3. The van der Waals surface area contributed by atoms with E-state index in [0.29, 0.717) is 24.6 Å².